The van der Waals surface area contributed by atoms with Crippen molar-refractivity contribution in [2.45, 2.75) is 39.3 Å². The minimum absolute atomic E-state index is 0.0478. The number of carbonyl (C=O) groups excluding carboxylic acids is 2. The maximum Gasteiger partial charge on any atom is 0.295 e. The van der Waals surface area contributed by atoms with Gasteiger partial charge in [-0.15, -0.1) is 0 Å². The van der Waals surface area contributed by atoms with E-state index in [9.17, 15) is 14.7 Å². The van der Waals surface area contributed by atoms with Gasteiger partial charge in [-0.3, -0.25) is 9.59 Å². The molecule has 1 aliphatic rings. The highest BCUT2D eigenvalue weighted by Crippen LogP contribution is 2.40. The van der Waals surface area contributed by atoms with Gasteiger partial charge in [-0.05, 0) is 51.0 Å². The molecule has 0 radical (unpaired) electrons. The Morgan fingerprint density at radius 3 is 2.56 bits per heavy atom. The quantitative estimate of drug-likeness (QED) is 0.264. The summed E-state index contributed by atoms with van der Waals surface area (Å²) in [5.74, 6) is -1.17. The molecule has 0 bridgehead atoms. The molecule has 1 saturated heterocycles. The van der Waals surface area contributed by atoms with Gasteiger partial charge < -0.3 is 19.5 Å². The first-order valence-corrected chi connectivity index (χ1v) is 10.9. The van der Waals surface area contributed by atoms with E-state index in [2.05, 4.69) is 0 Å². The van der Waals surface area contributed by atoms with Crippen LogP contribution in [0.3, 0.4) is 0 Å². The number of halogens is 1. The fourth-order valence-corrected chi connectivity index (χ4v) is 4.08. The van der Waals surface area contributed by atoms with Crippen LogP contribution in [0.2, 0.25) is 5.02 Å². The van der Waals surface area contributed by atoms with Crippen LogP contribution >= 0.6 is 11.6 Å². The molecule has 1 heterocycles. The number of ketones is 1. The number of carbonyl (C=O) groups is 2. The zero-order chi connectivity index (χ0) is 23.4. The molecule has 0 aromatic heterocycles. The largest absolute Gasteiger partial charge is 0.507 e. The van der Waals surface area contributed by atoms with Crippen LogP contribution in [0.5, 0.6) is 5.75 Å². The molecule has 0 spiro atoms. The number of hydrogen-bond donors (Lipinski definition) is 1. The third-order valence-electron chi connectivity index (χ3n) is 5.32. The second-order valence-corrected chi connectivity index (χ2v) is 8.44. The van der Waals surface area contributed by atoms with Gasteiger partial charge in [-0.2, -0.15) is 0 Å². The summed E-state index contributed by atoms with van der Waals surface area (Å²) in [6.07, 6.45) is 0.653. The van der Waals surface area contributed by atoms with E-state index in [0.717, 1.165) is 11.1 Å². The van der Waals surface area contributed by atoms with Crippen molar-refractivity contribution in [3.63, 3.8) is 0 Å². The summed E-state index contributed by atoms with van der Waals surface area (Å²) in [6.45, 7) is 6.62. The molecular weight excluding hydrogens is 430 g/mol. The molecular formula is C25H28ClNO5. The fourth-order valence-electron chi connectivity index (χ4n) is 3.82. The summed E-state index contributed by atoms with van der Waals surface area (Å²) in [4.78, 5) is 27.5. The van der Waals surface area contributed by atoms with Gasteiger partial charge in [-0.1, -0.05) is 41.4 Å². The van der Waals surface area contributed by atoms with E-state index < -0.39 is 17.7 Å². The first kappa shape index (κ1) is 23.8. The molecule has 6 nitrogen and oxygen atoms in total. The Balaban J connectivity index is 2.06. The van der Waals surface area contributed by atoms with E-state index in [-0.39, 0.29) is 17.4 Å². The van der Waals surface area contributed by atoms with Gasteiger partial charge in [-0.25, -0.2) is 0 Å². The van der Waals surface area contributed by atoms with Gasteiger partial charge in [0.1, 0.15) is 11.5 Å². The number of aliphatic hydroxyl groups excluding tert-OH is 1. The van der Waals surface area contributed by atoms with E-state index in [0.29, 0.717) is 35.9 Å². The highest BCUT2D eigenvalue weighted by Gasteiger charge is 2.45. The minimum Gasteiger partial charge on any atom is -0.507 e. The third-order valence-corrected chi connectivity index (χ3v) is 5.61. The average molecular weight is 458 g/mol. The molecule has 1 amide bonds. The van der Waals surface area contributed by atoms with Crippen LogP contribution in [0.4, 0.5) is 0 Å². The fraction of sp³-hybridized carbons (Fsp3) is 0.360. The van der Waals surface area contributed by atoms with E-state index in [1.165, 1.54) is 18.1 Å². The molecule has 1 N–H and O–H groups in total. The van der Waals surface area contributed by atoms with Crippen molar-refractivity contribution in [3.8, 4) is 5.75 Å². The Morgan fingerprint density at radius 1 is 1.19 bits per heavy atom. The first-order chi connectivity index (χ1) is 15.2. The maximum absolute atomic E-state index is 13.1. The zero-order valence-electron chi connectivity index (χ0n) is 18.7. The molecule has 1 fully saturated rings. The van der Waals surface area contributed by atoms with Gasteiger partial charge in [0.2, 0.25) is 0 Å². The molecule has 0 saturated carbocycles. The Morgan fingerprint density at radius 2 is 1.94 bits per heavy atom. The number of rotatable bonds is 8. The summed E-state index contributed by atoms with van der Waals surface area (Å²) < 4.78 is 10.8. The Hall–Kier alpha value is -2.83. The predicted octanol–water partition coefficient (Wildman–Crippen LogP) is 4.89. The molecule has 1 atom stereocenters. The first-order valence-electron chi connectivity index (χ1n) is 10.5. The van der Waals surface area contributed by atoms with Crippen LogP contribution in [0.1, 0.15) is 43.0 Å². The smallest absolute Gasteiger partial charge is 0.295 e. The molecule has 170 valence electrons. The van der Waals surface area contributed by atoms with Crippen molar-refractivity contribution in [2.75, 3.05) is 20.3 Å². The number of aryl methyl sites for hydroxylation is 1. The van der Waals surface area contributed by atoms with Crippen molar-refractivity contribution >= 4 is 29.1 Å². The maximum atomic E-state index is 13.1. The number of hydrogen-bond acceptors (Lipinski definition) is 5. The van der Waals surface area contributed by atoms with Gasteiger partial charge in [0.05, 0.1) is 29.9 Å². The number of aliphatic hydroxyl groups is 1. The monoisotopic (exact) mass is 457 g/mol. The summed E-state index contributed by atoms with van der Waals surface area (Å²) in [7, 11) is 1.49. The van der Waals surface area contributed by atoms with E-state index >= 15 is 0 Å². The Kier molecular flexibility index (Phi) is 7.59. The molecule has 0 aliphatic carbocycles. The number of nitrogens with zero attached hydrogens (tertiary/aromatic N) is 1. The van der Waals surface area contributed by atoms with Crippen molar-refractivity contribution in [1.29, 1.82) is 0 Å². The topological polar surface area (TPSA) is 76.1 Å². The van der Waals surface area contributed by atoms with E-state index in [4.69, 9.17) is 21.1 Å². The average Bonchev–Trinajstić information content (AvgIpc) is 3.01. The van der Waals surface area contributed by atoms with Crippen molar-refractivity contribution in [3.05, 3.63) is 69.8 Å². The molecule has 7 heteroatoms. The van der Waals surface area contributed by atoms with Crippen LogP contribution in [0.15, 0.2) is 48.0 Å². The van der Waals surface area contributed by atoms with Gasteiger partial charge in [0.15, 0.2) is 0 Å². The normalized spacial score (nSPS) is 17.9. The second-order valence-electron chi connectivity index (χ2n) is 8.03. The van der Waals surface area contributed by atoms with Crippen LogP contribution in [0, 0.1) is 6.92 Å². The number of ether oxygens (including phenoxy) is 2. The number of Topliss-reactive ketones (excluding diaryl/α,β-unsaturated/α-hetero) is 1. The van der Waals surface area contributed by atoms with E-state index in [1.54, 1.807) is 12.1 Å². The lowest BCUT2D eigenvalue weighted by Gasteiger charge is -2.25. The lowest BCUT2D eigenvalue weighted by Crippen LogP contribution is -2.31. The number of benzene rings is 2. The molecule has 2 aromatic carbocycles. The summed E-state index contributed by atoms with van der Waals surface area (Å²) in [6, 6.07) is 11.6. The summed E-state index contributed by atoms with van der Waals surface area (Å²) >= 11 is 6.22. The van der Waals surface area contributed by atoms with Crippen LogP contribution in [0.25, 0.3) is 5.76 Å². The number of amides is 1. The molecule has 32 heavy (non-hydrogen) atoms. The van der Waals surface area contributed by atoms with Crippen molar-refractivity contribution in [1.82, 2.24) is 4.90 Å². The van der Waals surface area contributed by atoms with Gasteiger partial charge >= 0.3 is 0 Å². The van der Waals surface area contributed by atoms with Crippen molar-refractivity contribution in [2.24, 2.45) is 0 Å². The molecule has 3 rings (SSSR count). The Labute approximate surface area is 193 Å². The van der Waals surface area contributed by atoms with E-state index in [1.807, 2.05) is 45.0 Å². The van der Waals surface area contributed by atoms with Gasteiger partial charge in [0, 0.05) is 18.7 Å². The SMILES string of the molecule is COc1ccc(/C(O)=C2/C(=O)C(=O)N(CCCOC(C)C)C2c2cccc(C)c2)cc1Cl. The Bertz CT molecular complexity index is 1050. The lowest BCUT2D eigenvalue weighted by atomic mass is 9.94. The van der Waals surface area contributed by atoms with Crippen LogP contribution in [-0.2, 0) is 14.3 Å². The molecule has 2 aromatic rings. The summed E-state index contributed by atoms with van der Waals surface area (Å²) in [5.41, 5.74) is 2.14. The van der Waals surface area contributed by atoms with Crippen molar-refractivity contribution < 1.29 is 24.2 Å². The second kappa shape index (κ2) is 10.2. The third kappa shape index (κ3) is 4.97. The van der Waals surface area contributed by atoms with Crippen LogP contribution < -0.4 is 4.74 Å². The number of methoxy groups -OCH3 is 1. The summed E-state index contributed by atoms with van der Waals surface area (Å²) in [5, 5.41) is 11.4. The molecule has 1 unspecified atom stereocenters. The predicted molar refractivity (Wildman–Crippen MR) is 124 cm³/mol. The van der Waals surface area contributed by atoms with Crippen LogP contribution in [-0.4, -0.2) is 48.1 Å². The minimum atomic E-state index is -0.717. The van der Waals surface area contributed by atoms with Gasteiger partial charge in [0.25, 0.3) is 11.7 Å². The highest BCUT2D eigenvalue weighted by atomic mass is 35.5. The molecule has 1 aliphatic heterocycles. The lowest BCUT2D eigenvalue weighted by molar-refractivity contribution is -0.140. The highest BCUT2D eigenvalue weighted by molar-refractivity contribution is 6.46. The standard InChI is InChI=1S/C25H28ClNO5/c1-15(2)32-12-6-11-27-22(17-8-5-7-16(3)13-17)21(24(29)25(27)30)23(28)18-9-10-20(31-4)19(26)14-18/h5,7-10,13-15,22,28H,6,11-12H2,1-4H3/b23-21-. The number of likely N-dealkylation sites (tertiary alicyclic amines) is 1. The zero-order valence-corrected chi connectivity index (χ0v) is 19.5.